The molecule has 0 atom stereocenters. The molecule has 1 aromatic carbocycles. The van der Waals surface area contributed by atoms with Crippen molar-refractivity contribution in [1.29, 1.82) is 0 Å². The Morgan fingerprint density at radius 2 is 2.18 bits per heavy atom. The monoisotopic (exact) mass is 243 g/mol. The highest BCUT2D eigenvalue weighted by Crippen LogP contribution is 2.42. The number of fused-ring (bicyclic) bond motifs is 1. The number of benzene rings is 1. The maximum atomic E-state index is 5.93. The average Bonchev–Trinajstić information content (AvgIpc) is 2.54. The maximum absolute atomic E-state index is 5.93. The zero-order valence-corrected chi connectivity index (χ0v) is 10.4. The smallest absolute Gasteiger partial charge is 0.152 e. The highest BCUT2D eigenvalue weighted by molar-refractivity contribution is 7.80. The second-order valence-electron chi connectivity index (χ2n) is 4.09. The second-order valence-corrected chi connectivity index (χ2v) is 4.57. The molecule has 0 fully saturated rings. The number of ether oxygens (including phenoxy) is 1. The third-order valence-corrected chi connectivity index (χ3v) is 3.39. The summed E-state index contributed by atoms with van der Waals surface area (Å²) in [6, 6.07) is 5.91. The SMILES string of the molecule is CN1C2=C(C=CC=CC2)Oc2cccc(S)c21. The molecular formula is C14H13NOS. The number of anilines is 1. The fourth-order valence-electron chi connectivity index (χ4n) is 2.18. The first-order valence-corrected chi connectivity index (χ1v) is 6.02. The molecule has 2 nitrogen and oxygen atoms in total. The van der Waals surface area contributed by atoms with E-state index < -0.39 is 0 Å². The molecule has 0 saturated carbocycles. The second kappa shape index (κ2) is 4.00. The molecule has 0 spiro atoms. The van der Waals surface area contributed by atoms with Crippen LogP contribution in [-0.4, -0.2) is 7.05 Å². The molecule has 0 bridgehead atoms. The number of para-hydroxylation sites is 1. The largest absolute Gasteiger partial charge is 0.453 e. The first-order chi connectivity index (χ1) is 8.27. The van der Waals surface area contributed by atoms with Crippen molar-refractivity contribution in [2.24, 2.45) is 0 Å². The molecule has 1 heterocycles. The van der Waals surface area contributed by atoms with E-state index in [9.17, 15) is 0 Å². The molecule has 0 saturated heterocycles. The third kappa shape index (κ3) is 1.67. The van der Waals surface area contributed by atoms with Gasteiger partial charge in [0.15, 0.2) is 5.75 Å². The Morgan fingerprint density at radius 3 is 3.06 bits per heavy atom. The molecule has 0 aromatic heterocycles. The first-order valence-electron chi connectivity index (χ1n) is 5.57. The Kier molecular flexibility index (Phi) is 2.48. The van der Waals surface area contributed by atoms with Crippen molar-refractivity contribution in [1.82, 2.24) is 0 Å². The number of thiol groups is 1. The van der Waals surface area contributed by atoms with Crippen molar-refractivity contribution in [2.75, 3.05) is 11.9 Å². The highest BCUT2D eigenvalue weighted by atomic mass is 32.1. The lowest BCUT2D eigenvalue weighted by Crippen LogP contribution is -2.24. The lowest BCUT2D eigenvalue weighted by molar-refractivity contribution is 0.423. The van der Waals surface area contributed by atoms with Crippen LogP contribution in [0.1, 0.15) is 6.42 Å². The van der Waals surface area contributed by atoms with Crippen molar-refractivity contribution < 1.29 is 4.74 Å². The molecule has 2 aliphatic rings. The van der Waals surface area contributed by atoms with Gasteiger partial charge >= 0.3 is 0 Å². The molecule has 0 unspecified atom stereocenters. The summed E-state index contributed by atoms with van der Waals surface area (Å²) in [5.41, 5.74) is 2.21. The fourth-order valence-corrected chi connectivity index (χ4v) is 2.52. The summed E-state index contributed by atoms with van der Waals surface area (Å²) >= 11 is 4.50. The summed E-state index contributed by atoms with van der Waals surface area (Å²) in [7, 11) is 2.06. The number of rotatable bonds is 0. The zero-order chi connectivity index (χ0) is 11.8. The van der Waals surface area contributed by atoms with Gasteiger partial charge in [-0.2, -0.15) is 0 Å². The van der Waals surface area contributed by atoms with Crippen LogP contribution < -0.4 is 9.64 Å². The van der Waals surface area contributed by atoms with E-state index in [1.165, 1.54) is 5.70 Å². The van der Waals surface area contributed by atoms with Gasteiger partial charge < -0.3 is 9.64 Å². The molecule has 0 N–H and O–H groups in total. The van der Waals surface area contributed by atoms with Gasteiger partial charge in [-0.3, -0.25) is 0 Å². The minimum atomic E-state index is 0.866. The van der Waals surface area contributed by atoms with E-state index in [0.717, 1.165) is 28.5 Å². The van der Waals surface area contributed by atoms with Gasteiger partial charge in [-0.1, -0.05) is 24.3 Å². The van der Waals surface area contributed by atoms with E-state index in [1.807, 2.05) is 36.4 Å². The van der Waals surface area contributed by atoms with Gasteiger partial charge in [0.25, 0.3) is 0 Å². The van der Waals surface area contributed by atoms with Crippen LogP contribution in [0.15, 0.2) is 58.9 Å². The standard InChI is InChI=1S/C14H13NOS/c1-15-10-6-3-2-4-7-11(10)16-12-8-5-9-13(17)14(12)15/h2-5,7-9,17H,6H2,1H3. The molecule has 0 radical (unpaired) electrons. The van der Waals surface area contributed by atoms with Crippen LogP contribution in [-0.2, 0) is 0 Å². The van der Waals surface area contributed by atoms with E-state index in [0.29, 0.717) is 0 Å². The number of hydrogen-bond acceptors (Lipinski definition) is 3. The lowest BCUT2D eigenvalue weighted by atomic mass is 10.1. The predicted molar refractivity (Wildman–Crippen MR) is 72.6 cm³/mol. The van der Waals surface area contributed by atoms with Crippen LogP contribution in [0.2, 0.25) is 0 Å². The van der Waals surface area contributed by atoms with Crippen molar-refractivity contribution in [3.63, 3.8) is 0 Å². The van der Waals surface area contributed by atoms with Crippen LogP contribution in [0, 0.1) is 0 Å². The number of allylic oxidation sites excluding steroid dienone is 4. The molecule has 1 aliphatic heterocycles. The Labute approximate surface area is 106 Å². The minimum Gasteiger partial charge on any atom is -0.453 e. The summed E-state index contributed by atoms with van der Waals surface area (Å²) in [5.74, 6) is 1.79. The average molecular weight is 243 g/mol. The van der Waals surface area contributed by atoms with E-state index in [4.69, 9.17) is 4.74 Å². The van der Waals surface area contributed by atoms with Gasteiger partial charge in [-0.25, -0.2) is 0 Å². The van der Waals surface area contributed by atoms with Crippen molar-refractivity contribution in [2.45, 2.75) is 11.3 Å². The van der Waals surface area contributed by atoms with Crippen molar-refractivity contribution in [3.05, 3.63) is 54.0 Å². The Morgan fingerprint density at radius 1 is 1.29 bits per heavy atom. The lowest BCUT2D eigenvalue weighted by Gasteiger charge is -2.31. The number of hydrogen-bond donors (Lipinski definition) is 1. The Bertz CT molecular complexity index is 557. The van der Waals surface area contributed by atoms with E-state index >= 15 is 0 Å². The number of nitrogens with zero attached hydrogens (tertiary/aromatic N) is 1. The van der Waals surface area contributed by atoms with Crippen LogP contribution in [0.3, 0.4) is 0 Å². The molecule has 1 aliphatic carbocycles. The molecule has 3 heteroatoms. The van der Waals surface area contributed by atoms with Crippen molar-refractivity contribution in [3.8, 4) is 5.75 Å². The quantitative estimate of drug-likeness (QED) is 0.700. The van der Waals surface area contributed by atoms with E-state index in [1.54, 1.807) is 0 Å². The molecule has 86 valence electrons. The van der Waals surface area contributed by atoms with Gasteiger partial charge in [-0.15, -0.1) is 12.6 Å². The van der Waals surface area contributed by atoms with Gasteiger partial charge in [-0.05, 0) is 18.2 Å². The van der Waals surface area contributed by atoms with Gasteiger partial charge in [0, 0.05) is 18.4 Å². The van der Waals surface area contributed by atoms with Crippen molar-refractivity contribution >= 4 is 18.3 Å². The Hall–Kier alpha value is -1.61. The molecular weight excluding hydrogens is 230 g/mol. The first kappa shape index (κ1) is 10.5. The normalized spacial score (nSPS) is 17.4. The molecule has 17 heavy (non-hydrogen) atoms. The summed E-state index contributed by atoms with van der Waals surface area (Å²) in [6.45, 7) is 0. The molecule has 1 aromatic rings. The summed E-state index contributed by atoms with van der Waals surface area (Å²) < 4.78 is 5.93. The Balaban J connectivity index is 2.14. The van der Waals surface area contributed by atoms with Gasteiger partial charge in [0.1, 0.15) is 5.76 Å². The fraction of sp³-hybridized carbons (Fsp3) is 0.143. The maximum Gasteiger partial charge on any atom is 0.152 e. The minimum absolute atomic E-state index is 0.866. The van der Waals surface area contributed by atoms with Crippen LogP contribution in [0.5, 0.6) is 5.75 Å². The van der Waals surface area contributed by atoms with Gasteiger partial charge in [0.05, 0.1) is 11.4 Å². The molecule has 3 rings (SSSR count). The van der Waals surface area contributed by atoms with Crippen LogP contribution in [0.25, 0.3) is 0 Å². The predicted octanol–water partition coefficient (Wildman–Crippen LogP) is 3.53. The van der Waals surface area contributed by atoms with Crippen LogP contribution >= 0.6 is 12.6 Å². The van der Waals surface area contributed by atoms with Gasteiger partial charge in [0.2, 0.25) is 0 Å². The summed E-state index contributed by atoms with van der Waals surface area (Å²) in [6.07, 6.45) is 9.06. The topological polar surface area (TPSA) is 12.5 Å². The van der Waals surface area contributed by atoms with E-state index in [2.05, 4.69) is 30.7 Å². The summed E-state index contributed by atoms with van der Waals surface area (Å²) in [4.78, 5) is 3.10. The highest BCUT2D eigenvalue weighted by Gasteiger charge is 2.24. The molecule has 0 amide bonds. The van der Waals surface area contributed by atoms with E-state index in [-0.39, 0.29) is 0 Å². The third-order valence-electron chi connectivity index (χ3n) is 3.03. The van der Waals surface area contributed by atoms with Crippen LogP contribution in [0.4, 0.5) is 5.69 Å². The zero-order valence-electron chi connectivity index (χ0n) is 9.55. The summed E-state index contributed by atoms with van der Waals surface area (Å²) in [5, 5.41) is 0.